The van der Waals surface area contributed by atoms with Crippen molar-refractivity contribution in [2.75, 3.05) is 5.73 Å². The SMILES string of the molecule is Nc1ccn(-c2ccc3c(c2)CCC(N[C@H]2C[C@@H](N)C2)C3)c(=O)n1. The second-order valence-corrected chi connectivity index (χ2v) is 6.99. The summed E-state index contributed by atoms with van der Waals surface area (Å²) in [6.45, 7) is 0. The minimum Gasteiger partial charge on any atom is -0.383 e. The molecule has 0 saturated heterocycles. The molecule has 1 aromatic heterocycles. The van der Waals surface area contributed by atoms with Crippen molar-refractivity contribution in [3.05, 3.63) is 52.1 Å². The fourth-order valence-corrected chi connectivity index (χ4v) is 3.78. The molecule has 5 N–H and O–H groups in total. The Morgan fingerprint density at radius 1 is 1.17 bits per heavy atom. The highest BCUT2D eigenvalue weighted by molar-refractivity contribution is 5.43. The summed E-state index contributed by atoms with van der Waals surface area (Å²) >= 11 is 0. The van der Waals surface area contributed by atoms with Crippen molar-refractivity contribution in [3.8, 4) is 5.69 Å². The maximum Gasteiger partial charge on any atom is 0.354 e. The predicted octanol–water partition coefficient (Wildman–Crippen LogP) is 0.751. The Labute approximate surface area is 140 Å². The van der Waals surface area contributed by atoms with E-state index in [0.29, 0.717) is 18.1 Å². The first kappa shape index (κ1) is 15.4. The standard InChI is InChI=1S/C18H23N5O/c19-13-9-15(10-13)21-14-3-1-12-8-16(4-2-11(12)7-14)23-6-5-17(20)22-18(23)24/h2,4-6,8,13-15,21H,1,3,7,9-10,19H2,(H2,20,22,24)/t13-,14?,15+. The summed E-state index contributed by atoms with van der Waals surface area (Å²) in [7, 11) is 0. The van der Waals surface area contributed by atoms with Crippen LogP contribution in [0, 0.1) is 0 Å². The molecule has 1 aromatic carbocycles. The zero-order valence-electron chi connectivity index (χ0n) is 13.6. The second kappa shape index (κ2) is 6.03. The van der Waals surface area contributed by atoms with Gasteiger partial charge in [-0.2, -0.15) is 4.98 Å². The van der Waals surface area contributed by atoms with Crippen LogP contribution in [0.2, 0.25) is 0 Å². The first-order chi connectivity index (χ1) is 11.6. The van der Waals surface area contributed by atoms with Crippen LogP contribution >= 0.6 is 0 Å². The van der Waals surface area contributed by atoms with Crippen LogP contribution in [-0.4, -0.2) is 27.7 Å². The lowest BCUT2D eigenvalue weighted by Crippen LogP contribution is -2.52. The van der Waals surface area contributed by atoms with Crippen molar-refractivity contribution in [2.45, 2.75) is 50.2 Å². The van der Waals surface area contributed by atoms with Crippen LogP contribution in [0.5, 0.6) is 0 Å². The Balaban J connectivity index is 1.51. The molecule has 24 heavy (non-hydrogen) atoms. The number of hydrogen-bond donors (Lipinski definition) is 3. The van der Waals surface area contributed by atoms with E-state index in [1.807, 2.05) is 6.07 Å². The number of fused-ring (bicyclic) bond motifs is 1. The lowest BCUT2D eigenvalue weighted by Gasteiger charge is -2.38. The summed E-state index contributed by atoms with van der Waals surface area (Å²) < 4.78 is 1.54. The van der Waals surface area contributed by atoms with Gasteiger partial charge in [-0.15, -0.1) is 0 Å². The van der Waals surface area contributed by atoms with Crippen molar-refractivity contribution < 1.29 is 0 Å². The molecule has 0 bridgehead atoms. The van der Waals surface area contributed by atoms with Gasteiger partial charge in [0, 0.05) is 24.3 Å². The van der Waals surface area contributed by atoms with Crippen LogP contribution in [0.1, 0.15) is 30.4 Å². The first-order valence-electron chi connectivity index (χ1n) is 8.57. The number of nitrogens with one attached hydrogen (secondary N) is 1. The van der Waals surface area contributed by atoms with Crippen molar-refractivity contribution in [2.24, 2.45) is 5.73 Å². The van der Waals surface area contributed by atoms with E-state index in [0.717, 1.165) is 37.8 Å². The highest BCUT2D eigenvalue weighted by atomic mass is 16.1. The maximum atomic E-state index is 12.0. The summed E-state index contributed by atoms with van der Waals surface area (Å²) in [5, 5.41) is 3.73. The van der Waals surface area contributed by atoms with Crippen LogP contribution in [0.25, 0.3) is 5.69 Å². The second-order valence-electron chi connectivity index (χ2n) is 6.99. The van der Waals surface area contributed by atoms with Gasteiger partial charge in [-0.3, -0.25) is 4.57 Å². The van der Waals surface area contributed by atoms with Crippen molar-refractivity contribution >= 4 is 5.82 Å². The Kier molecular flexibility index (Phi) is 3.86. The number of nitrogens with two attached hydrogens (primary N) is 2. The van der Waals surface area contributed by atoms with Crippen LogP contribution in [0.3, 0.4) is 0 Å². The van der Waals surface area contributed by atoms with E-state index >= 15 is 0 Å². The van der Waals surface area contributed by atoms with Crippen LogP contribution in [0.15, 0.2) is 35.3 Å². The quantitative estimate of drug-likeness (QED) is 0.773. The topological polar surface area (TPSA) is 99.0 Å². The Morgan fingerprint density at radius 3 is 2.75 bits per heavy atom. The highest BCUT2D eigenvalue weighted by Gasteiger charge is 2.29. The van der Waals surface area contributed by atoms with Gasteiger partial charge in [0.2, 0.25) is 0 Å². The molecule has 1 fully saturated rings. The molecule has 2 aromatic rings. The fraction of sp³-hybridized carbons (Fsp3) is 0.444. The van der Waals surface area contributed by atoms with Gasteiger partial charge in [0.1, 0.15) is 5.82 Å². The molecule has 0 radical (unpaired) electrons. The third-order valence-electron chi connectivity index (χ3n) is 5.17. The molecule has 6 heteroatoms. The number of aromatic nitrogens is 2. The molecule has 2 aliphatic rings. The van der Waals surface area contributed by atoms with Gasteiger partial charge in [0.05, 0.1) is 5.69 Å². The van der Waals surface area contributed by atoms with Gasteiger partial charge in [0.15, 0.2) is 0 Å². The van der Waals surface area contributed by atoms with Crippen LogP contribution < -0.4 is 22.5 Å². The van der Waals surface area contributed by atoms with Crippen molar-refractivity contribution in [3.63, 3.8) is 0 Å². The molecule has 0 spiro atoms. The van der Waals surface area contributed by atoms with Gasteiger partial charge in [-0.1, -0.05) is 6.07 Å². The van der Waals surface area contributed by atoms with Gasteiger partial charge < -0.3 is 16.8 Å². The molecule has 4 rings (SSSR count). The minimum absolute atomic E-state index is 0.249. The fourth-order valence-electron chi connectivity index (χ4n) is 3.78. The maximum absolute atomic E-state index is 12.0. The Hall–Kier alpha value is -2.18. The summed E-state index contributed by atoms with van der Waals surface area (Å²) in [5.41, 5.74) is 14.6. The van der Waals surface area contributed by atoms with Crippen LogP contribution in [-0.2, 0) is 12.8 Å². The molecule has 0 aliphatic heterocycles. The van der Waals surface area contributed by atoms with Gasteiger partial charge in [-0.25, -0.2) is 4.79 Å². The number of benzene rings is 1. The van der Waals surface area contributed by atoms with Crippen LogP contribution in [0.4, 0.5) is 5.82 Å². The summed E-state index contributed by atoms with van der Waals surface area (Å²) in [6.07, 6.45) is 7.05. The third-order valence-corrected chi connectivity index (χ3v) is 5.17. The van der Waals surface area contributed by atoms with E-state index < -0.39 is 0 Å². The van der Waals surface area contributed by atoms with E-state index in [4.69, 9.17) is 11.5 Å². The molecule has 1 saturated carbocycles. The average Bonchev–Trinajstić information content (AvgIpc) is 2.53. The lowest BCUT2D eigenvalue weighted by molar-refractivity contribution is 0.256. The van der Waals surface area contributed by atoms with Gasteiger partial charge in [0.25, 0.3) is 0 Å². The molecule has 1 atom stereocenters. The Morgan fingerprint density at radius 2 is 2.00 bits per heavy atom. The minimum atomic E-state index is -0.341. The number of nitrogens with zero attached hydrogens (tertiary/aromatic N) is 2. The van der Waals surface area contributed by atoms with E-state index in [9.17, 15) is 4.79 Å². The molecule has 2 aliphatic carbocycles. The molecule has 0 amide bonds. The van der Waals surface area contributed by atoms with Crippen molar-refractivity contribution in [1.82, 2.24) is 14.9 Å². The average molecular weight is 325 g/mol. The zero-order chi connectivity index (χ0) is 16.7. The zero-order valence-corrected chi connectivity index (χ0v) is 13.6. The molecular formula is C18H23N5O. The third kappa shape index (κ3) is 2.95. The van der Waals surface area contributed by atoms with E-state index in [-0.39, 0.29) is 11.5 Å². The summed E-state index contributed by atoms with van der Waals surface area (Å²) in [5.74, 6) is 0.249. The first-order valence-corrected chi connectivity index (χ1v) is 8.57. The summed E-state index contributed by atoms with van der Waals surface area (Å²) in [6, 6.07) is 9.36. The number of nitrogen functional groups attached to an aromatic ring is 1. The Bertz CT molecular complexity index is 809. The smallest absolute Gasteiger partial charge is 0.354 e. The van der Waals surface area contributed by atoms with Gasteiger partial charge >= 0.3 is 5.69 Å². The van der Waals surface area contributed by atoms with E-state index in [2.05, 4.69) is 22.4 Å². The highest BCUT2D eigenvalue weighted by Crippen LogP contribution is 2.26. The number of hydrogen-bond acceptors (Lipinski definition) is 5. The van der Waals surface area contributed by atoms with Gasteiger partial charge in [-0.05, 0) is 61.4 Å². The molecule has 126 valence electrons. The largest absolute Gasteiger partial charge is 0.383 e. The summed E-state index contributed by atoms with van der Waals surface area (Å²) in [4.78, 5) is 15.8. The monoisotopic (exact) mass is 325 g/mol. The van der Waals surface area contributed by atoms with E-state index in [1.165, 1.54) is 15.7 Å². The van der Waals surface area contributed by atoms with E-state index in [1.54, 1.807) is 12.3 Å². The predicted molar refractivity (Wildman–Crippen MR) is 94.2 cm³/mol. The molecule has 6 nitrogen and oxygen atoms in total. The lowest BCUT2D eigenvalue weighted by atomic mass is 9.83. The van der Waals surface area contributed by atoms with Crippen molar-refractivity contribution in [1.29, 1.82) is 0 Å². The number of anilines is 1. The number of rotatable bonds is 3. The normalized spacial score (nSPS) is 25.8. The molecule has 1 unspecified atom stereocenters. The molecule has 1 heterocycles. The number of aryl methyl sites for hydroxylation is 1. The molecular weight excluding hydrogens is 302 g/mol.